The SMILES string of the molecule is CCN(CC(=O)Nc1cccc(OC)c1)C(=O)CSc1nncn1-c1ccc(C)c(C)c1. The van der Waals surface area contributed by atoms with Gasteiger partial charge in [-0.1, -0.05) is 23.9 Å². The number of carbonyl (C=O) groups excluding carboxylic acids is 2. The molecule has 0 saturated carbocycles. The number of rotatable bonds is 9. The van der Waals surface area contributed by atoms with Crippen molar-refractivity contribution in [3.05, 3.63) is 59.9 Å². The molecule has 1 heterocycles. The summed E-state index contributed by atoms with van der Waals surface area (Å²) in [5, 5.41) is 11.6. The molecular weight excluding hydrogens is 426 g/mol. The second kappa shape index (κ2) is 10.8. The Morgan fingerprint density at radius 3 is 2.69 bits per heavy atom. The van der Waals surface area contributed by atoms with Gasteiger partial charge in [0.25, 0.3) is 0 Å². The highest BCUT2D eigenvalue weighted by molar-refractivity contribution is 7.99. The average Bonchev–Trinajstić information content (AvgIpc) is 3.26. The van der Waals surface area contributed by atoms with Crippen LogP contribution in [0.3, 0.4) is 0 Å². The molecule has 0 aliphatic carbocycles. The lowest BCUT2D eigenvalue weighted by molar-refractivity contribution is -0.132. The van der Waals surface area contributed by atoms with E-state index in [0.717, 1.165) is 5.69 Å². The summed E-state index contributed by atoms with van der Waals surface area (Å²) in [5.74, 6) is 0.393. The Hall–Kier alpha value is -3.33. The van der Waals surface area contributed by atoms with E-state index in [2.05, 4.69) is 35.4 Å². The maximum Gasteiger partial charge on any atom is 0.243 e. The van der Waals surface area contributed by atoms with Gasteiger partial charge in [0.1, 0.15) is 12.1 Å². The fourth-order valence-electron chi connectivity index (χ4n) is 3.04. The summed E-state index contributed by atoms with van der Waals surface area (Å²) in [6.45, 7) is 6.35. The monoisotopic (exact) mass is 453 g/mol. The van der Waals surface area contributed by atoms with E-state index in [0.29, 0.717) is 23.1 Å². The van der Waals surface area contributed by atoms with Gasteiger partial charge in [0.05, 0.1) is 19.4 Å². The Balaban J connectivity index is 1.59. The molecule has 9 heteroatoms. The summed E-state index contributed by atoms with van der Waals surface area (Å²) in [4.78, 5) is 26.7. The van der Waals surface area contributed by atoms with Crippen molar-refractivity contribution in [1.29, 1.82) is 0 Å². The van der Waals surface area contributed by atoms with Crippen molar-refractivity contribution in [2.24, 2.45) is 0 Å². The van der Waals surface area contributed by atoms with Crippen molar-refractivity contribution in [3.8, 4) is 11.4 Å². The van der Waals surface area contributed by atoms with Crippen LogP contribution in [0.15, 0.2) is 53.9 Å². The second-order valence-electron chi connectivity index (χ2n) is 7.23. The molecule has 1 N–H and O–H groups in total. The molecule has 0 unspecified atom stereocenters. The Morgan fingerprint density at radius 2 is 1.97 bits per heavy atom. The fourth-order valence-corrected chi connectivity index (χ4v) is 3.88. The van der Waals surface area contributed by atoms with Gasteiger partial charge in [-0.15, -0.1) is 10.2 Å². The van der Waals surface area contributed by atoms with Gasteiger partial charge in [0.15, 0.2) is 5.16 Å². The van der Waals surface area contributed by atoms with Crippen LogP contribution in [0.4, 0.5) is 5.69 Å². The van der Waals surface area contributed by atoms with Crippen LogP contribution in [-0.4, -0.2) is 57.4 Å². The van der Waals surface area contributed by atoms with Crippen molar-refractivity contribution in [2.45, 2.75) is 25.9 Å². The van der Waals surface area contributed by atoms with Crippen molar-refractivity contribution in [2.75, 3.05) is 31.3 Å². The van der Waals surface area contributed by atoms with Crippen molar-refractivity contribution < 1.29 is 14.3 Å². The van der Waals surface area contributed by atoms with E-state index in [-0.39, 0.29) is 24.1 Å². The molecule has 0 spiro atoms. The third-order valence-electron chi connectivity index (χ3n) is 5.03. The summed E-state index contributed by atoms with van der Waals surface area (Å²) in [5.41, 5.74) is 3.94. The number of aryl methyl sites for hydroxylation is 2. The summed E-state index contributed by atoms with van der Waals surface area (Å²) in [7, 11) is 1.57. The van der Waals surface area contributed by atoms with Crippen LogP contribution in [0, 0.1) is 13.8 Å². The van der Waals surface area contributed by atoms with Crippen LogP contribution in [0.1, 0.15) is 18.1 Å². The number of hydrogen-bond acceptors (Lipinski definition) is 6. The summed E-state index contributed by atoms with van der Waals surface area (Å²) < 4.78 is 7.02. The predicted octanol–water partition coefficient (Wildman–Crippen LogP) is 3.47. The molecule has 0 atom stereocenters. The largest absolute Gasteiger partial charge is 0.497 e. The maximum absolute atomic E-state index is 12.8. The predicted molar refractivity (Wildman–Crippen MR) is 125 cm³/mol. The maximum atomic E-state index is 12.8. The van der Waals surface area contributed by atoms with E-state index >= 15 is 0 Å². The average molecular weight is 454 g/mol. The number of nitrogens with one attached hydrogen (secondary N) is 1. The number of benzene rings is 2. The van der Waals surface area contributed by atoms with Gasteiger partial charge in [-0.3, -0.25) is 14.2 Å². The first-order chi connectivity index (χ1) is 15.4. The molecule has 8 nitrogen and oxygen atoms in total. The molecule has 0 fully saturated rings. The highest BCUT2D eigenvalue weighted by Gasteiger charge is 2.18. The van der Waals surface area contributed by atoms with Gasteiger partial charge in [-0.2, -0.15) is 0 Å². The Kier molecular flexibility index (Phi) is 7.88. The van der Waals surface area contributed by atoms with Crippen LogP contribution in [0.5, 0.6) is 5.75 Å². The minimum absolute atomic E-state index is 0.0308. The topological polar surface area (TPSA) is 89.3 Å². The smallest absolute Gasteiger partial charge is 0.243 e. The second-order valence-corrected chi connectivity index (χ2v) is 8.17. The van der Waals surface area contributed by atoms with E-state index in [1.54, 1.807) is 37.7 Å². The zero-order valence-electron chi connectivity index (χ0n) is 18.7. The summed E-state index contributed by atoms with van der Waals surface area (Å²) in [6, 6.07) is 13.2. The molecule has 0 saturated heterocycles. The first-order valence-electron chi connectivity index (χ1n) is 10.2. The van der Waals surface area contributed by atoms with Crippen LogP contribution in [-0.2, 0) is 9.59 Å². The van der Waals surface area contributed by atoms with Crippen LogP contribution >= 0.6 is 11.8 Å². The quantitative estimate of drug-likeness (QED) is 0.499. The molecular formula is C23H27N5O3S. The van der Waals surface area contributed by atoms with E-state index in [4.69, 9.17) is 4.74 Å². The number of anilines is 1. The number of carbonyl (C=O) groups is 2. The summed E-state index contributed by atoms with van der Waals surface area (Å²) >= 11 is 1.30. The van der Waals surface area contributed by atoms with Gasteiger partial charge >= 0.3 is 0 Å². The Morgan fingerprint density at radius 1 is 1.16 bits per heavy atom. The van der Waals surface area contributed by atoms with Gasteiger partial charge in [-0.25, -0.2) is 0 Å². The summed E-state index contributed by atoms with van der Waals surface area (Å²) in [6.07, 6.45) is 1.64. The number of methoxy groups -OCH3 is 1. The molecule has 3 rings (SSSR count). The zero-order chi connectivity index (χ0) is 23.1. The molecule has 1 aromatic heterocycles. The minimum Gasteiger partial charge on any atom is -0.497 e. The van der Waals surface area contributed by atoms with Crippen LogP contribution in [0.2, 0.25) is 0 Å². The molecule has 2 amide bonds. The van der Waals surface area contributed by atoms with E-state index in [1.807, 2.05) is 23.6 Å². The van der Waals surface area contributed by atoms with Gasteiger partial charge in [-0.05, 0) is 56.2 Å². The highest BCUT2D eigenvalue weighted by Crippen LogP contribution is 2.22. The van der Waals surface area contributed by atoms with Crippen LogP contribution in [0.25, 0.3) is 5.69 Å². The molecule has 3 aromatic rings. The number of amides is 2. The van der Waals surface area contributed by atoms with Crippen LogP contribution < -0.4 is 10.1 Å². The highest BCUT2D eigenvalue weighted by atomic mass is 32.2. The van der Waals surface area contributed by atoms with E-state index in [1.165, 1.54) is 27.8 Å². The van der Waals surface area contributed by atoms with Gasteiger partial charge < -0.3 is 15.0 Å². The zero-order valence-corrected chi connectivity index (χ0v) is 19.5. The first kappa shape index (κ1) is 23.3. The lowest BCUT2D eigenvalue weighted by Crippen LogP contribution is -2.38. The molecule has 0 bridgehead atoms. The molecule has 0 aliphatic rings. The molecule has 0 aliphatic heterocycles. The third kappa shape index (κ3) is 5.88. The van der Waals surface area contributed by atoms with Crippen molar-refractivity contribution in [1.82, 2.24) is 19.7 Å². The lowest BCUT2D eigenvalue weighted by Gasteiger charge is -2.20. The number of thioether (sulfide) groups is 1. The molecule has 32 heavy (non-hydrogen) atoms. The minimum atomic E-state index is -0.267. The number of ether oxygens (including phenoxy) is 1. The number of aromatic nitrogens is 3. The molecule has 168 valence electrons. The molecule has 0 radical (unpaired) electrons. The Labute approximate surface area is 192 Å². The molecule has 2 aromatic carbocycles. The van der Waals surface area contributed by atoms with Gasteiger partial charge in [0, 0.05) is 24.0 Å². The fraction of sp³-hybridized carbons (Fsp3) is 0.304. The van der Waals surface area contributed by atoms with Crippen molar-refractivity contribution >= 4 is 29.3 Å². The Bertz CT molecular complexity index is 1100. The lowest BCUT2D eigenvalue weighted by atomic mass is 10.1. The number of nitrogens with zero attached hydrogens (tertiary/aromatic N) is 4. The normalized spacial score (nSPS) is 10.6. The first-order valence-corrected chi connectivity index (χ1v) is 11.2. The van der Waals surface area contributed by atoms with E-state index in [9.17, 15) is 9.59 Å². The van der Waals surface area contributed by atoms with Crippen molar-refractivity contribution in [3.63, 3.8) is 0 Å². The van der Waals surface area contributed by atoms with Gasteiger partial charge in [0.2, 0.25) is 11.8 Å². The van der Waals surface area contributed by atoms with E-state index < -0.39 is 0 Å². The number of hydrogen-bond donors (Lipinski definition) is 1. The standard InChI is InChI=1S/C23H27N5O3S/c1-5-27(13-21(29)25-18-7-6-8-20(12-18)31-4)22(30)14-32-23-26-24-15-28(23)19-10-9-16(2)17(3)11-19/h6-12,15H,5,13-14H2,1-4H3,(H,25,29). The number of likely N-dealkylation sites (N-methyl/N-ethyl adjacent to an activating group) is 1. The third-order valence-corrected chi connectivity index (χ3v) is 5.96.